The molecule has 2 aromatic carbocycles. The summed E-state index contributed by atoms with van der Waals surface area (Å²) >= 11 is 5.91. The Bertz CT molecular complexity index is 972. The van der Waals surface area contributed by atoms with Crippen LogP contribution in [0.4, 0.5) is 4.39 Å². The molecule has 29 heavy (non-hydrogen) atoms. The van der Waals surface area contributed by atoms with Gasteiger partial charge in [0.05, 0.1) is 18.8 Å². The van der Waals surface area contributed by atoms with Crippen LogP contribution in [0.15, 0.2) is 52.9 Å². The summed E-state index contributed by atoms with van der Waals surface area (Å²) in [5.41, 5.74) is 1.85. The molecule has 0 radical (unpaired) electrons. The van der Waals surface area contributed by atoms with E-state index in [1.165, 1.54) is 12.1 Å². The minimum Gasteiger partial charge on any atom is -0.425 e. The van der Waals surface area contributed by atoms with Crippen LogP contribution in [0.25, 0.3) is 0 Å². The predicted molar refractivity (Wildman–Crippen MR) is 107 cm³/mol. The van der Waals surface area contributed by atoms with E-state index in [2.05, 4.69) is 10.2 Å². The third-order valence-electron chi connectivity index (χ3n) is 5.14. The number of piperidine rings is 1. The van der Waals surface area contributed by atoms with Gasteiger partial charge in [0, 0.05) is 18.1 Å². The Morgan fingerprint density at radius 3 is 2.59 bits per heavy atom. The number of carbonyl (C=O) groups excluding carboxylic acids is 1. The highest BCUT2D eigenvalue weighted by atomic mass is 35.5. The molecule has 0 N–H and O–H groups in total. The van der Waals surface area contributed by atoms with Crippen molar-refractivity contribution in [1.29, 1.82) is 0 Å². The Balaban J connectivity index is 1.38. The predicted octanol–water partition coefficient (Wildman–Crippen LogP) is 4.40. The van der Waals surface area contributed by atoms with Gasteiger partial charge in [0.15, 0.2) is 0 Å². The lowest BCUT2D eigenvalue weighted by atomic mass is 9.97. The number of nitrogens with zero attached hydrogens (tertiary/aromatic N) is 3. The van der Waals surface area contributed by atoms with E-state index < -0.39 is 0 Å². The van der Waals surface area contributed by atoms with E-state index in [0.717, 1.165) is 30.5 Å². The number of carbonyl (C=O) groups is 1. The summed E-state index contributed by atoms with van der Waals surface area (Å²) < 4.78 is 18.9. The number of halogens is 2. The van der Waals surface area contributed by atoms with Crippen LogP contribution in [0.5, 0.6) is 0 Å². The third kappa shape index (κ3) is 5.01. The van der Waals surface area contributed by atoms with Gasteiger partial charge in [-0.15, -0.1) is 10.2 Å². The number of amides is 1. The lowest BCUT2D eigenvalue weighted by Crippen LogP contribution is -2.40. The van der Waals surface area contributed by atoms with E-state index in [-0.39, 0.29) is 17.6 Å². The molecule has 1 atom stereocenters. The molecular formula is C22H21ClFN3O2. The van der Waals surface area contributed by atoms with Crippen molar-refractivity contribution in [1.82, 2.24) is 15.1 Å². The number of rotatable bonds is 5. The molecule has 1 unspecified atom stereocenters. The Kier molecular flexibility index (Phi) is 5.90. The molecule has 2 heterocycles. The van der Waals surface area contributed by atoms with Crippen LogP contribution in [-0.4, -0.2) is 34.1 Å². The summed E-state index contributed by atoms with van der Waals surface area (Å²) in [6.45, 7) is 1.31. The fourth-order valence-corrected chi connectivity index (χ4v) is 3.70. The van der Waals surface area contributed by atoms with Crippen molar-refractivity contribution in [3.63, 3.8) is 0 Å². The second kappa shape index (κ2) is 8.74. The normalized spacial score (nSPS) is 16.8. The zero-order valence-electron chi connectivity index (χ0n) is 15.9. The van der Waals surface area contributed by atoms with Gasteiger partial charge in [0.2, 0.25) is 17.7 Å². The first-order valence-corrected chi connectivity index (χ1v) is 10.0. The number of hydrogen-bond acceptors (Lipinski definition) is 4. The van der Waals surface area contributed by atoms with Gasteiger partial charge in [-0.1, -0.05) is 35.9 Å². The third-order valence-corrected chi connectivity index (χ3v) is 5.40. The van der Waals surface area contributed by atoms with Crippen molar-refractivity contribution < 1.29 is 13.6 Å². The SMILES string of the molecule is O=C(Cc1ccc(Cl)cc1)N1CCCC(c2nnc(Cc3ccc(F)cc3)o2)C1. The minimum absolute atomic E-state index is 0.0346. The Hall–Kier alpha value is -2.73. The maximum Gasteiger partial charge on any atom is 0.227 e. The van der Waals surface area contributed by atoms with Crippen LogP contribution in [0, 0.1) is 5.82 Å². The lowest BCUT2D eigenvalue weighted by Gasteiger charge is -2.31. The Morgan fingerprint density at radius 2 is 1.83 bits per heavy atom. The molecule has 1 aliphatic rings. The van der Waals surface area contributed by atoms with E-state index in [4.69, 9.17) is 16.0 Å². The summed E-state index contributed by atoms with van der Waals surface area (Å²) in [7, 11) is 0. The van der Waals surface area contributed by atoms with E-state index in [9.17, 15) is 9.18 Å². The first-order chi connectivity index (χ1) is 14.1. The minimum atomic E-state index is -0.273. The average Bonchev–Trinajstić information content (AvgIpc) is 3.20. The van der Waals surface area contributed by atoms with Gasteiger partial charge in [-0.3, -0.25) is 4.79 Å². The molecule has 7 heteroatoms. The number of aromatic nitrogens is 2. The number of likely N-dealkylation sites (tertiary alicyclic amines) is 1. The monoisotopic (exact) mass is 413 g/mol. The maximum absolute atomic E-state index is 13.0. The second-order valence-electron chi connectivity index (χ2n) is 7.32. The van der Waals surface area contributed by atoms with E-state index in [1.807, 2.05) is 17.0 Å². The molecule has 0 bridgehead atoms. The van der Waals surface area contributed by atoms with E-state index in [0.29, 0.717) is 36.2 Å². The molecule has 0 aliphatic carbocycles. The molecule has 1 amide bonds. The van der Waals surface area contributed by atoms with Crippen molar-refractivity contribution in [2.24, 2.45) is 0 Å². The summed E-state index contributed by atoms with van der Waals surface area (Å²) in [5, 5.41) is 8.99. The van der Waals surface area contributed by atoms with Gasteiger partial charge >= 0.3 is 0 Å². The van der Waals surface area contributed by atoms with Crippen LogP contribution >= 0.6 is 11.6 Å². The molecule has 3 aromatic rings. The lowest BCUT2D eigenvalue weighted by molar-refractivity contribution is -0.131. The van der Waals surface area contributed by atoms with Gasteiger partial charge in [-0.05, 0) is 48.2 Å². The van der Waals surface area contributed by atoms with Crippen molar-refractivity contribution in [3.8, 4) is 0 Å². The molecule has 150 valence electrons. The van der Waals surface area contributed by atoms with E-state index in [1.54, 1.807) is 24.3 Å². The molecule has 1 aromatic heterocycles. The highest BCUT2D eigenvalue weighted by Gasteiger charge is 2.28. The number of benzene rings is 2. The standard InChI is InChI=1S/C22H21ClFN3O2/c23-18-7-3-16(4-8-18)13-21(28)27-11-1-2-17(14-27)22-26-25-20(29-22)12-15-5-9-19(24)10-6-15/h3-10,17H,1-2,11-14H2. The average molecular weight is 414 g/mol. The van der Waals surface area contributed by atoms with Gasteiger partial charge < -0.3 is 9.32 Å². The van der Waals surface area contributed by atoms with Crippen molar-refractivity contribution in [3.05, 3.63) is 82.3 Å². The van der Waals surface area contributed by atoms with Gasteiger partial charge in [-0.2, -0.15) is 0 Å². The molecular weight excluding hydrogens is 393 g/mol. The van der Waals surface area contributed by atoms with Gasteiger partial charge in [0.1, 0.15) is 5.82 Å². The largest absolute Gasteiger partial charge is 0.425 e. The molecule has 0 saturated carbocycles. The van der Waals surface area contributed by atoms with Gasteiger partial charge in [-0.25, -0.2) is 4.39 Å². The van der Waals surface area contributed by atoms with Crippen LogP contribution < -0.4 is 0 Å². The molecule has 0 spiro atoms. The zero-order valence-corrected chi connectivity index (χ0v) is 16.6. The Labute approximate surface area is 173 Å². The fourth-order valence-electron chi connectivity index (χ4n) is 3.57. The zero-order chi connectivity index (χ0) is 20.2. The van der Waals surface area contributed by atoms with Crippen molar-refractivity contribution in [2.45, 2.75) is 31.6 Å². The van der Waals surface area contributed by atoms with Crippen molar-refractivity contribution in [2.75, 3.05) is 13.1 Å². The van der Waals surface area contributed by atoms with Crippen molar-refractivity contribution >= 4 is 17.5 Å². The summed E-state index contributed by atoms with van der Waals surface area (Å²) in [4.78, 5) is 14.6. The van der Waals surface area contributed by atoms with E-state index >= 15 is 0 Å². The van der Waals surface area contributed by atoms with Crippen LogP contribution in [0.2, 0.25) is 5.02 Å². The summed E-state index contributed by atoms with van der Waals surface area (Å²) in [6, 6.07) is 13.6. The van der Waals surface area contributed by atoms with Crippen LogP contribution in [0.3, 0.4) is 0 Å². The highest BCUT2D eigenvalue weighted by molar-refractivity contribution is 6.30. The summed E-state index contributed by atoms with van der Waals surface area (Å²) in [6.07, 6.45) is 2.61. The first kappa shape index (κ1) is 19.6. The highest BCUT2D eigenvalue weighted by Crippen LogP contribution is 2.27. The topological polar surface area (TPSA) is 59.2 Å². The quantitative estimate of drug-likeness (QED) is 0.622. The van der Waals surface area contributed by atoms with Gasteiger partial charge in [0.25, 0.3) is 0 Å². The molecule has 1 saturated heterocycles. The smallest absolute Gasteiger partial charge is 0.227 e. The molecule has 1 aliphatic heterocycles. The number of hydrogen-bond donors (Lipinski definition) is 0. The molecule has 4 rings (SSSR count). The Morgan fingerprint density at radius 1 is 1.10 bits per heavy atom. The molecule has 5 nitrogen and oxygen atoms in total. The summed E-state index contributed by atoms with van der Waals surface area (Å²) in [5.74, 6) is 0.906. The fraction of sp³-hybridized carbons (Fsp3) is 0.318. The van der Waals surface area contributed by atoms with Crippen LogP contribution in [0.1, 0.15) is 41.7 Å². The second-order valence-corrected chi connectivity index (χ2v) is 7.76. The first-order valence-electron chi connectivity index (χ1n) is 9.66. The molecule has 1 fully saturated rings. The maximum atomic E-state index is 13.0. The van der Waals surface area contributed by atoms with Crippen LogP contribution in [-0.2, 0) is 17.6 Å².